The van der Waals surface area contributed by atoms with Gasteiger partial charge in [-0.3, -0.25) is 9.59 Å². The molecule has 1 aromatic rings. The first-order chi connectivity index (χ1) is 13.6. The SMILES string of the molecule is COCOC[C@@H]1CC[C@@H](COCOC)N1C(=O)[C@@H](C)C(=O)Cc1ccccc1. The largest absolute Gasteiger partial charge is 0.359 e. The van der Waals surface area contributed by atoms with Gasteiger partial charge in [0.2, 0.25) is 5.91 Å². The van der Waals surface area contributed by atoms with Crippen molar-refractivity contribution >= 4 is 11.7 Å². The van der Waals surface area contributed by atoms with Crippen molar-refractivity contribution < 1.29 is 28.5 Å². The zero-order valence-corrected chi connectivity index (χ0v) is 17.0. The summed E-state index contributed by atoms with van der Waals surface area (Å²) in [5.41, 5.74) is 0.911. The number of carbonyl (C=O) groups is 2. The van der Waals surface area contributed by atoms with E-state index in [-0.39, 0.29) is 43.8 Å². The Morgan fingerprint density at radius 1 is 1.00 bits per heavy atom. The van der Waals surface area contributed by atoms with Crippen LogP contribution in [0, 0.1) is 5.92 Å². The van der Waals surface area contributed by atoms with Gasteiger partial charge in [0, 0.05) is 20.6 Å². The maximum Gasteiger partial charge on any atom is 0.233 e. The van der Waals surface area contributed by atoms with E-state index in [1.165, 1.54) is 0 Å². The number of amides is 1. The lowest BCUT2D eigenvalue weighted by Gasteiger charge is -2.32. The molecule has 2 rings (SSSR count). The van der Waals surface area contributed by atoms with Gasteiger partial charge in [-0.15, -0.1) is 0 Å². The predicted molar refractivity (Wildman–Crippen MR) is 104 cm³/mol. The van der Waals surface area contributed by atoms with E-state index < -0.39 is 5.92 Å². The van der Waals surface area contributed by atoms with E-state index >= 15 is 0 Å². The zero-order valence-electron chi connectivity index (χ0n) is 17.0. The second-order valence-corrected chi connectivity index (χ2v) is 7.04. The molecule has 1 heterocycles. The molecule has 7 nitrogen and oxygen atoms in total. The number of benzene rings is 1. The smallest absolute Gasteiger partial charge is 0.233 e. The van der Waals surface area contributed by atoms with Crippen LogP contribution in [0.25, 0.3) is 0 Å². The number of ether oxygens (including phenoxy) is 4. The van der Waals surface area contributed by atoms with Gasteiger partial charge in [0.15, 0.2) is 0 Å². The van der Waals surface area contributed by atoms with E-state index in [4.69, 9.17) is 18.9 Å². The van der Waals surface area contributed by atoms with Gasteiger partial charge in [0.25, 0.3) is 0 Å². The summed E-state index contributed by atoms with van der Waals surface area (Å²) in [6.45, 7) is 2.78. The number of methoxy groups -OCH3 is 2. The summed E-state index contributed by atoms with van der Waals surface area (Å²) in [6, 6.07) is 9.30. The number of carbonyl (C=O) groups excluding carboxylic acids is 2. The Bertz CT molecular complexity index is 590. The molecule has 1 saturated heterocycles. The molecule has 0 radical (unpaired) electrons. The van der Waals surface area contributed by atoms with Crippen molar-refractivity contribution in [3.8, 4) is 0 Å². The fourth-order valence-electron chi connectivity index (χ4n) is 3.49. The molecular formula is C21H31NO6. The molecule has 1 amide bonds. The number of nitrogens with zero attached hydrogens (tertiary/aromatic N) is 1. The van der Waals surface area contributed by atoms with Crippen LogP contribution >= 0.6 is 0 Å². The highest BCUT2D eigenvalue weighted by Gasteiger charge is 2.40. The van der Waals surface area contributed by atoms with E-state index in [0.717, 1.165) is 18.4 Å². The number of likely N-dealkylation sites (tertiary alicyclic amines) is 1. The van der Waals surface area contributed by atoms with Gasteiger partial charge in [-0.2, -0.15) is 0 Å². The Morgan fingerprint density at radius 2 is 1.54 bits per heavy atom. The minimum absolute atomic E-state index is 0.0868. The molecule has 28 heavy (non-hydrogen) atoms. The standard InChI is InChI=1S/C21H31NO6/c1-16(20(23)11-17-7-5-4-6-8-17)21(24)22-18(12-27-14-25-2)9-10-19(22)13-28-15-26-3/h4-8,16,18-19H,9-15H2,1-3H3/t16-,18-,19-/m0/s1. The van der Waals surface area contributed by atoms with E-state index in [1.807, 2.05) is 30.3 Å². The number of hydrogen-bond acceptors (Lipinski definition) is 6. The first kappa shape index (κ1) is 22.5. The average molecular weight is 393 g/mol. The quantitative estimate of drug-likeness (QED) is 0.307. The third-order valence-electron chi connectivity index (χ3n) is 4.97. The molecule has 0 aliphatic carbocycles. The third kappa shape index (κ3) is 6.38. The van der Waals surface area contributed by atoms with Gasteiger partial charge in [0.05, 0.1) is 31.2 Å². The van der Waals surface area contributed by atoms with Crippen LogP contribution in [0.3, 0.4) is 0 Å². The molecule has 0 saturated carbocycles. The fraction of sp³-hybridized carbons (Fsp3) is 0.619. The number of Topliss-reactive ketones (excluding diaryl/α,β-unsaturated/α-hetero) is 1. The molecule has 1 aromatic carbocycles. The molecule has 0 unspecified atom stereocenters. The molecule has 1 aliphatic rings. The molecule has 156 valence electrons. The van der Waals surface area contributed by atoms with E-state index in [9.17, 15) is 9.59 Å². The first-order valence-electron chi connectivity index (χ1n) is 9.60. The van der Waals surface area contributed by atoms with Crippen molar-refractivity contribution in [3.63, 3.8) is 0 Å². The van der Waals surface area contributed by atoms with Crippen LogP contribution in [-0.2, 0) is 35.0 Å². The summed E-state index contributed by atoms with van der Waals surface area (Å²) in [5.74, 6) is -0.972. The molecule has 7 heteroatoms. The zero-order chi connectivity index (χ0) is 20.4. The molecule has 0 aromatic heterocycles. The third-order valence-corrected chi connectivity index (χ3v) is 4.97. The molecule has 0 spiro atoms. The highest BCUT2D eigenvalue weighted by molar-refractivity contribution is 6.02. The van der Waals surface area contributed by atoms with Gasteiger partial charge in [-0.25, -0.2) is 0 Å². The Morgan fingerprint density at radius 3 is 2.04 bits per heavy atom. The Kier molecular flexibility index (Phi) is 9.57. The summed E-state index contributed by atoms with van der Waals surface area (Å²) < 4.78 is 20.9. The van der Waals surface area contributed by atoms with Gasteiger partial charge < -0.3 is 23.8 Å². The van der Waals surface area contributed by atoms with Crippen molar-refractivity contribution in [2.75, 3.05) is 41.0 Å². The van der Waals surface area contributed by atoms with E-state index in [0.29, 0.717) is 13.2 Å². The summed E-state index contributed by atoms with van der Waals surface area (Å²) >= 11 is 0. The summed E-state index contributed by atoms with van der Waals surface area (Å²) in [7, 11) is 3.12. The first-order valence-corrected chi connectivity index (χ1v) is 9.60. The maximum atomic E-state index is 13.2. The minimum atomic E-state index is -0.715. The summed E-state index contributed by atoms with van der Waals surface area (Å²) in [5, 5.41) is 0. The predicted octanol–water partition coefficient (Wildman–Crippen LogP) is 2.03. The molecule has 3 atom stereocenters. The summed E-state index contributed by atoms with van der Waals surface area (Å²) in [6.07, 6.45) is 1.85. The molecule has 1 aliphatic heterocycles. The topological polar surface area (TPSA) is 74.3 Å². The van der Waals surface area contributed by atoms with Gasteiger partial charge in [-0.05, 0) is 25.3 Å². The lowest BCUT2D eigenvalue weighted by atomic mass is 9.97. The monoisotopic (exact) mass is 393 g/mol. The highest BCUT2D eigenvalue weighted by atomic mass is 16.7. The van der Waals surface area contributed by atoms with Crippen molar-refractivity contribution in [1.82, 2.24) is 4.90 Å². The van der Waals surface area contributed by atoms with Crippen LogP contribution < -0.4 is 0 Å². The number of rotatable bonds is 12. The molecule has 0 bridgehead atoms. The molecule has 0 N–H and O–H groups in total. The second-order valence-electron chi connectivity index (χ2n) is 7.04. The summed E-state index contributed by atoms with van der Waals surface area (Å²) in [4.78, 5) is 27.7. The van der Waals surface area contributed by atoms with Crippen LogP contribution in [0.5, 0.6) is 0 Å². The Hall–Kier alpha value is -1.80. The normalized spacial score (nSPS) is 20.3. The van der Waals surface area contributed by atoms with Crippen molar-refractivity contribution in [2.24, 2.45) is 5.92 Å². The average Bonchev–Trinajstić information content (AvgIpc) is 3.10. The van der Waals surface area contributed by atoms with E-state index in [1.54, 1.807) is 26.0 Å². The van der Waals surface area contributed by atoms with Crippen molar-refractivity contribution in [1.29, 1.82) is 0 Å². The van der Waals surface area contributed by atoms with Crippen LogP contribution in [-0.4, -0.2) is 69.7 Å². The number of ketones is 1. The van der Waals surface area contributed by atoms with Crippen molar-refractivity contribution in [3.05, 3.63) is 35.9 Å². The fourth-order valence-corrected chi connectivity index (χ4v) is 3.49. The molecule has 1 fully saturated rings. The van der Waals surface area contributed by atoms with Gasteiger partial charge in [-0.1, -0.05) is 30.3 Å². The van der Waals surface area contributed by atoms with Crippen LogP contribution in [0.2, 0.25) is 0 Å². The van der Waals surface area contributed by atoms with Crippen LogP contribution in [0.4, 0.5) is 0 Å². The Balaban J connectivity index is 2.04. The maximum absolute atomic E-state index is 13.2. The van der Waals surface area contributed by atoms with Gasteiger partial charge >= 0.3 is 0 Å². The van der Waals surface area contributed by atoms with Gasteiger partial charge in [0.1, 0.15) is 19.4 Å². The lowest BCUT2D eigenvalue weighted by molar-refractivity contribution is -0.147. The van der Waals surface area contributed by atoms with Crippen LogP contribution in [0.15, 0.2) is 30.3 Å². The van der Waals surface area contributed by atoms with E-state index in [2.05, 4.69) is 0 Å². The lowest BCUT2D eigenvalue weighted by Crippen LogP contribution is -2.49. The highest BCUT2D eigenvalue weighted by Crippen LogP contribution is 2.27. The Labute approximate surface area is 166 Å². The minimum Gasteiger partial charge on any atom is -0.359 e. The second kappa shape index (κ2) is 11.9. The van der Waals surface area contributed by atoms with Crippen molar-refractivity contribution in [2.45, 2.75) is 38.3 Å². The number of hydrogen-bond donors (Lipinski definition) is 0. The molecular weight excluding hydrogens is 362 g/mol. The van der Waals surface area contributed by atoms with Crippen LogP contribution in [0.1, 0.15) is 25.3 Å².